The lowest BCUT2D eigenvalue weighted by atomic mass is 10.2. The minimum atomic E-state index is -4.02. The number of nitriles is 1. The van der Waals surface area contributed by atoms with Crippen molar-refractivity contribution in [2.45, 2.75) is 24.8 Å². The van der Waals surface area contributed by atoms with E-state index in [9.17, 15) is 8.42 Å². The van der Waals surface area contributed by atoms with Crippen LogP contribution in [0, 0.1) is 18.3 Å². The van der Waals surface area contributed by atoms with Crippen LogP contribution in [0.15, 0.2) is 29.2 Å². The topological polar surface area (TPSA) is 104 Å². The summed E-state index contributed by atoms with van der Waals surface area (Å²) >= 11 is 0. The SMILES string of the molecule is C[C@H](N)C#N.Cc1ccc(S(=O)(=O)O)cc1. The highest BCUT2D eigenvalue weighted by Crippen LogP contribution is 2.08. The molecule has 0 aromatic heterocycles. The normalized spacial score (nSPS) is 11.9. The van der Waals surface area contributed by atoms with Crippen LogP contribution in [0.3, 0.4) is 0 Å². The lowest BCUT2D eigenvalue weighted by molar-refractivity contribution is 0.483. The predicted molar refractivity (Wildman–Crippen MR) is 60.3 cm³/mol. The molecule has 88 valence electrons. The summed E-state index contributed by atoms with van der Waals surface area (Å²) in [5.41, 5.74) is 5.89. The Labute approximate surface area is 95.3 Å². The summed E-state index contributed by atoms with van der Waals surface area (Å²) in [7, 11) is -4.02. The second kappa shape index (κ2) is 6.23. The summed E-state index contributed by atoms with van der Waals surface area (Å²) in [6.07, 6.45) is 0. The highest BCUT2D eigenvalue weighted by Gasteiger charge is 2.06. The molecule has 0 bridgehead atoms. The Kier molecular flexibility index (Phi) is 5.67. The van der Waals surface area contributed by atoms with Crippen molar-refractivity contribution in [2.24, 2.45) is 5.73 Å². The smallest absolute Gasteiger partial charge is 0.294 e. The molecule has 0 unspecified atom stereocenters. The van der Waals surface area contributed by atoms with Gasteiger partial charge >= 0.3 is 0 Å². The fourth-order valence-electron chi connectivity index (χ4n) is 0.710. The van der Waals surface area contributed by atoms with Gasteiger partial charge in [0, 0.05) is 0 Å². The van der Waals surface area contributed by atoms with Gasteiger partial charge in [-0.15, -0.1) is 0 Å². The molecule has 0 aliphatic carbocycles. The molecule has 0 spiro atoms. The van der Waals surface area contributed by atoms with Gasteiger partial charge in [-0.05, 0) is 26.0 Å². The van der Waals surface area contributed by atoms with Gasteiger partial charge < -0.3 is 5.73 Å². The standard InChI is InChI=1S/C7H8O3S.C3H6N2/c1-6-2-4-7(5-3-6)11(8,9)10;1-3(5)2-4/h2-5H,1H3,(H,8,9,10);3H,5H2,1H3/t;3-/m.0/s1. The summed E-state index contributed by atoms with van der Waals surface area (Å²) in [6, 6.07) is 7.48. The lowest BCUT2D eigenvalue weighted by Gasteiger charge is -1.95. The van der Waals surface area contributed by atoms with Crippen molar-refractivity contribution < 1.29 is 13.0 Å². The van der Waals surface area contributed by atoms with Crippen molar-refractivity contribution in [3.63, 3.8) is 0 Å². The first-order chi connectivity index (χ1) is 7.27. The zero-order chi connectivity index (χ0) is 12.8. The molecule has 1 aromatic rings. The van der Waals surface area contributed by atoms with Crippen molar-refractivity contribution in [1.29, 1.82) is 5.26 Å². The Morgan fingerprint density at radius 3 is 2.00 bits per heavy atom. The molecular formula is C10H14N2O3S. The lowest BCUT2D eigenvalue weighted by Crippen LogP contribution is -2.09. The quantitative estimate of drug-likeness (QED) is 0.717. The summed E-state index contributed by atoms with van der Waals surface area (Å²) < 4.78 is 29.6. The van der Waals surface area contributed by atoms with Gasteiger partial charge in [0.15, 0.2) is 0 Å². The Morgan fingerprint density at radius 1 is 1.38 bits per heavy atom. The molecule has 0 heterocycles. The van der Waals surface area contributed by atoms with E-state index in [1.54, 1.807) is 25.1 Å². The van der Waals surface area contributed by atoms with Gasteiger partial charge in [-0.25, -0.2) is 0 Å². The van der Waals surface area contributed by atoms with Crippen LogP contribution in [0.1, 0.15) is 12.5 Å². The minimum absolute atomic E-state index is 0.0666. The van der Waals surface area contributed by atoms with E-state index in [0.717, 1.165) is 5.56 Å². The summed E-state index contributed by atoms with van der Waals surface area (Å²) in [5.74, 6) is 0. The zero-order valence-corrected chi connectivity index (χ0v) is 9.90. The van der Waals surface area contributed by atoms with Crippen LogP contribution in [-0.4, -0.2) is 19.0 Å². The maximum atomic E-state index is 10.5. The second-order valence-corrected chi connectivity index (χ2v) is 4.63. The fraction of sp³-hybridized carbons (Fsp3) is 0.300. The molecule has 1 atom stereocenters. The Morgan fingerprint density at radius 2 is 1.75 bits per heavy atom. The van der Waals surface area contributed by atoms with Crippen LogP contribution >= 0.6 is 0 Å². The number of hydrogen-bond donors (Lipinski definition) is 2. The molecule has 16 heavy (non-hydrogen) atoms. The molecule has 3 N–H and O–H groups in total. The van der Waals surface area contributed by atoms with E-state index >= 15 is 0 Å². The third-order valence-electron chi connectivity index (χ3n) is 1.52. The van der Waals surface area contributed by atoms with Crippen molar-refractivity contribution in [3.05, 3.63) is 29.8 Å². The fourth-order valence-corrected chi connectivity index (χ4v) is 1.19. The first kappa shape index (κ1) is 14.6. The van der Waals surface area contributed by atoms with E-state index in [1.807, 2.05) is 6.92 Å². The number of benzene rings is 1. The molecular weight excluding hydrogens is 228 g/mol. The van der Waals surface area contributed by atoms with Gasteiger partial charge in [0.1, 0.15) is 0 Å². The molecule has 0 aliphatic heterocycles. The first-order valence-electron chi connectivity index (χ1n) is 4.46. The van der Waals surface area contributed by atoms with Crippen LogP contribution < -0.4 is 5.73 Å². The van der Waals surface area contributed by atoms with Crippen LogP contribution in [0.4, 0.5) is 0 Å². The monoisotopic (exact) mass is 242 g/mol. The third-order valence-corrected chi connectivity index (χ3v) is 2.39. The van der Waals surface area contributed by atoms with E-state index < -0.39 is 10.1 Å². The van der Waals surface area contributed by atoms with E-state index in [2.05, 4.69) is 0 Å². The summed E-state index contributed by atoms with van der Waals surface area (Å²) in [6.45, 7) is 3.48. The van der Waals surface area contributed by atoms with Crippen molar-refractivity contribution >= 4 is 10.1 Å². The highest BCUT2D eigenvalue weighted by atomic mass is 32.2. The minimum Gasteiger partial charge on any atom is -0.316 e. The summed E-state index contributed by atoms with van der Waals surface area (Å²) in [5, 5.41) is 7.77. The molecule has 0 saturated carbocycles. The van der Waals surface area contributed by atoms with E-state index in [-0.39, 0.29) is 10.9 Å². The van der Waals surface area contributed by atoms with E-state index in [1.165, 1.54) is 12.1 Å². The van der Waals surface area contributed by atoms with Crippen LogP contribution in [-0.2, 0) is 10.1 Å². The first-order valence-corrected chi connectivity index (χ1v) is 5.90. The average Bonchev–Trinajstić information content (AvgIpc) is 2.18. The second-order valence-electron chi connectivity index (χ2n) is 3.21. The van der Waals surface area contributed by atoms with Crippen molar-refractivity contribution in [1.82, 2.24) is 0 Å². The van der Waals surface area contributed by atoms with Crippen LogP contribution in [0.2, 0.25) is 0 Å². The van der Waals surface area contributed by atoms with E-state index in [4.69, 9.17) is 15.5 Å². The van der Waals surface area contributed by atoms with Gasteiger partial charge in [0.05, 0.1) is 17.0 Å². The zero-order valence-electron chi connectivity index (χ0n) is 9.08. The van der Waals surface area contributed by atoms with Crippen molar-refractivity contribution in [3.8, 4) is 6.07 Å². The van der Waals surface area contributed by atoms with Gasteiger partial charge in [0.2, 0.25) is 0 Å². The van der Waals surface area contributed by atoms with Gasteiger partial charge in [0.25, 0.3) is 10.1 Å². The molecule has 1 aromatic carbocycles. The Bertz CT molecular complexity index is 458. The van der Waals surface area contributed by atoms with Crippen LogP contribution in [0.25, 0.3) is 0 Å². The third kappa shape index (κ3) is 6.14. The highest BCUT2D eigenvalue weighted by molar-refractivity contribution is 7.85. The summed E-state index contributed by atoms with van der Waals surface area (Å²) in [4.78, 5) is -0.0666. The largest absolute Gasteiger partial charge is 0.316 e. The molecule has 0 aliphatic rings. The maximum absolute atomic E-state index is 10.5. The average molecular weight is 242 g/mol. The predicted octanol–water partition coefficient (Wildman–Crippen LogP) is 1.10. The molecule has 0 fully saturated rings. The molecule has 1 rings (SSSR count). The Hall–Kier alpha value is -1.42. The molecule has 0 saturated heterocycles. The van der Waals surface area contributed by atoms with Gasteiger partial charge in [-0.3, -0.25) is 4.55 Å². The molecule has 0 amide bonds. The van der Waals surface area contributed by atoms with Crippen LogP contribution in [0.5, 0.6) is 0 Å². The maximum Gasteiger partial charge on any atom is 0.294 e. The van der Waals surface area contributed by atoms with Gasteiger partial charge in [-0.2, -0.15) is 13.7 Å². The van der Waals surface area contributed by atoms with E-state index in [0.29, 0.717) is 0 Å². The molecule has 0 radical (unpaired) electrons. The van der Waals surface area contributed by atoms with Gasteiger partial charge in [-0.1, -0.05) is 17.7 Å². The number of aryl methyl sites for hydroxylation is 1. The Balaban J connectivity index is 0.000000385. The number of hydrogen-bond acceptors (Lipinski definition) is 4. The molecule has 6 heteroatoms. The number of nitrogens with two attached hydrogens (primary N) is 1. The molecule has 5 nitrogen and oxygen atoms in total. The van der Waals surface area contributed by atoms with Crippen molar-refractivity contribution in [2.75, 3.05) is 0 Å². The number of rotatable bonds is 1. The number of nitrogens with zero attached hydrogens (tertiary/aromatic N) is 1.